The maximum absolute atomic E-state index is 12.4. The molecule has 4 heteroatoms. The molecule has 0 radical (unpaired) electrons. The fourth-order valence-electron chi connectivity index (χ4n) is 3.39. The van der Waals surface area contributed by atoms with Crippen molar-refractivity contribution in [3.63, 3.8) is 0 Å². The standard InChI is InChI=1S/C16H24N2O2/c19-15-7-5-6-13-10-17(11-14(13)15)12-16(20)18-8-3-1-2-4-9-18/h10-11,15,19H,1-9,12H2. The molecule has 1 aromatic rings. The van der Waals surface area contributed by atoms with E-state index in [1.165, 1.54) is 18.4 Å². The summed E-state index contributed by atoms with van der Waals surface area (Å²) in [6.45, 7) is 2.23. The summed E-state index contributed by atoms with van der Waals surface area (Å²) in [5.41, 5.74) is 2.24. The van der Waals surface area contributed by atoms with Gasteiger partial charge in [0, 0.05) is 31.0 Å². The van der Waals surface area contributed by atoms with Gasteiger partial charge in [-0.15, -0.1) is 0 Å². The Morgan fingerprint density at radius 1 is 1.15 bits per heavy atom. The highest BCUT2D eigenvalue weighted by molar-refractivity contribution is 5.76. The van der Waals surface area contributed by atoms with E-state index in [4.69, 9.17) is 0 Å². The lowest BCUT2D eigenvalue weighted by molar-refractivity contribution is -0.131. The molecule has 110 valence electrons. The van der Waals surface area contributed by atoms with Crippen LogP contribution in [-0.4, -0.2) is 33.6 Å². The Bertz CT molecular complexity index is 473. The van der Waals surface area contributed by atoms with E-state index in [1.807, 2.05) is 21.9 Å². The average molecular weight is 276 g/mol. The van der Waals surface area contributed by atoms with Crippen molar-refractivity contribution in [2.45, 2.75) is 57.6 Å². The third-order valence-electron chi connectivity index (χ3n) is 4.56. The summed E-state index contributed by atoms with van der Waals surface area (Å²) in [5, 5.41) is 9.99. The molecule has 1 atom stereocenters. The zero-order valence-corrected chi connectivity index (χ0v) is 12.1. The highest BCUT2D eigenvalue weighted by Crippen LogP contribution is 2.30. The van der Waals surface area contributed by atoms with Crippen molar-refractivity contribution in [2.24, 2.45) is 0 Å². The summed E-state index contributed by atoms with van der Waals surface area (Å²) >= 11 is 0. The Labute approximate surface area is 120 Å². The number of nitrogens with zero attached hydrogens (tertiary/aromatic N) is 2. The second-order valence-electron chi connectivity index (χ2n) is 6.11. The molecular formula is C16H24N2O2. The van der Waals surface area contributed by atoms with Crippen LogP contribution in [0.25, 0.3) is 0 Å². The van der Waals surface area contributed by atoms with E-state index in [2.05, 4.69) is 0 Å². The first-order valence-corrected chi connectivity index (χ1v) is 7.88. The first kappa shape index (κ1) is 13.7. The number of amides is 1. The molecule has 1 aromatic heterocycles. The summed E-state index contributed by atoms with van der Waals surface area (Å²) in [5.74, 6) is 0.216. The van der Waals surface area contributed by atoms with Gasteiger partial charge in [-0.25, -0.2) is 0 Å². The number of carbonyl (C=O) groups is 1. The molecule has 0 saturated carbocycles. The number of hydrogen-bond acceptors (Lipinski definition) is 2. The molecule has 1 amide bonds. The fraction of sp³-hybridized carbons (Fsp3) is 0.688. The molecule has 1 fully saturated rings. The highest BCUT2D eigenvalue weighted by Gasteiger charge is 2.21. The Hall–Kier alpha value is -1.29. The van der Waals surface area contributed by atoms with Crippen molar-refractivity contribution >= 4 is 5.91 Å². The van der Waals surface area contributed by atoms with E-state index in [0.717, 1.165) is 50.8 Å². The lowest BCUT2D eigenvalue weighted by atomic mass is 9.93. The van der Waals surface area contributed by atoms with Gasteiger partial charge < -0.3 is 14.6 Å². The van der Waals surface area contributed by atoms with Gasteiger partial charge in [-0.2, -0.15) is 0 Å². The van der Waals surface area contributed by atoms with Crippen LogP contribution in [0.2, 0.25) is 0 Å². The number of carbonyl (C=O) groups excluding carboxylic acids is 1. The Morgan fingerprint density at radius 2 is 1.90 bits per heavy atom. The molecule has 0 spiro atoms. The fourth-order valence-corrected chi connectivity index (χ4v) is 3.39. The largest absolute Gasteiger partial charge is 0.388 e. The van der Waals surface area contributed by atoms with Crippen molar-refractivity contribution < 1.29 is 9.90 Å². The molecule has 1 N–H and O–H groups in total. The van der Waals surface area contributed by atoms with E-state index in [1.54, 1.807) is 0 Å². The van der Waals surface area contributed by atoms with Gasteiger partial charge in [0.25, 0.3) is 0 Å². The third kappa shape index (κ3) is 2.90. The van der Waals surface area contributed by atoms with Crippen molar-refractivity contribution in [1.29, 1.82) is 0 Å². The lowest BCUT2D eigenvalue weighted by Crippen LogP contribution is -2.34. The van der Waals surface area contributed by atoms with Crippen LogP contribution in [0.4, 0.5) is 0 Å². The minimum absolute atomic E-state index is 0.216. The van der Waals surface area contributed by atoms with Gasteiger partial charge in [-0.3, -0.25) is 4.79 Å². The van der Waals surface area contributed by atoms with E-state index in [-0.39, 0.29) is 12.0 Å². The first-order chi connectivity index (χ1) is 9.74. The Kier molecular flexibility index (Phi) is 4.10. The summed E-state index contributed by atoms with van der Waals surface area (Å²) in [6, 6.07) is 0. The summed E-state index contributed by atoms with van der Waals surface area (Å²) in [4.78, 5) is 14.4. The number of aliphatic hydroxyl groups is 1. The lowest BCUT2D eigenvalue weighted by Gasteiger charge is -2.20. The second kappa shape index (κ2) is 6.00. The van der Waals surface area contributed by atoms with Crippen molar-refractivity contribution in [3.05, 3.63) is 23.5 Å². The summed E-state index contributed by atoms with van der Waals surface area (Å²) < 4.78 is 1.96. The normalized spacial score (nSPS) is 23.2. The van der Waals surface area contributed by atoms with E-state index >= 15 is 0 Å². The maximum atomic E-state index is 12.4. The zero-order chi connectivity index (χ0) is 13.9. The second-order valence-corrected chi connectivity index (χ2v) is 6.11. The van der Waals surface area contributed by atoms with E-state index in [0.29, 0.717) is 6.54 Å². The van der Waals surface area contributed by atoms with Crippen LogP contribution < -0.4 is 0 Å². The number of aliphatic hydroxyl groups excluding tert-OH is 1. The van der Waals surface area contributed by atoms with Crippen LogP contribution in [-0.2, 0) is 17.8 Å². The minimum Gasteiger partial charge on any atom is -0.388 e. The van der Waals surface area contributed by atoms with Crippen LogP contribution in [0.1, 0.15) is 55.8 Å². The number of fused-ring (bicyclic) bond motifs is 1. The molecule has 20 heavy (non-hydrogen) atoms. The van der Waals surface area contributed by atoms with Gasteiger partial charge in [0.2, 0.25) is 5.91 Å². The smallest absolute Gasteiger partial charge is 0.242 e. The van der Waals surface area contributed by atoms with E-state index in [9.17, 15) is 9.90 Å². The molecule has 1 unspecified atom stereocenters. The van der Waals surface area contributed by atoms with E-state index < -0.39 is 0 Å². The maximum Gasteiger partial charge on any atom is 0.242 e. The van der Waals surface area contributed by atoms with Crippen LogP contribution in [0.15, 0.2) is 12.4 Å². The topological polar surface area (TPSA) is 45.5 Å². The molecule has 1 saturated heterocycles. The number of aromatic nitrogens is 1. The Morgan fingerprint density at radius 3 is 2.60 bits per heavy atom. The third-order valence-corrected chi connectivity index (χ3v) is 4.56. The van der Waals surface area contributed by atoms with Gasteiger partial charge in [-0.1, -0.05) is 12.8 Å². The number of likely N-dealkylation sites (tertiary alicyclic amines) is 1. The predicted molar refractivity (Wildman–Crippen MR) is 77.4 cm³/mol. The molecule has 2 heterocycles. The van der Waals surface area contributed by atoms with Crippen LogP contribution in [0, 0.1) is 0 Å². The highest BCUT2D eigenvalue weighted by atomic mass is 16.3. The number of rotatable bonds is 2. The molecule has 0 aromatic carbocycles. The number of hydrogen-bond donors (Lipinski definition) is 1. The Balaban J connectivity index is 1.66. The van der Waals surface area contributed by atoms with Gasteiger partial charge in [-0.05, 0) is 37.7 Å². The quantitative estimate of drug-likeness (QED) is 0.900. The van der Waals surface area contributed by atoms with Crippen molar-refractivity contribution in [2.75, 3.05) is 13.1 Å². The predicted octanol–water partition coefficient (Wildman–Crippen LogP) is 2.26. The van der Waals surface area contributed by atoms with Crippen LogP contribution in [0.3, 0.4) is 0 Å². The average Bonchev–Trinajstić information content (AvgIpc) is 2.67. The number of aryl methyl sites for hydroxylation is 1. The first-order valence-electron chi connectivity index (χ1n) is 7.88. The van der Waals surface area contributed by atoms with Gasteiger partial charge in [0.15, 0.2) is 0 Å². The molecule has 4 nitrogen and oxygen atoms in total. The monoisotopic (exact) mass is 276 g/mol. The minimum atomic E-state index is -0.340. The molecule has 0 bridgehead atoms. The molecule has 2 aliphatic rings. The molecule has 1 aliphatic carbocycles. The molecular weight excluding hydrogens is 252 g/mol. The summed E-state index contributed by atoms with van der Waals surface area (Å²) in [6.07, 6.45) is 11.3. The van der Waals surface area contributed by atoms with Crippen molar-refractivity contribution in [1.82, 2.24) is 9.47 Å². The van der Waals surface area contributed by atoms with Crippen LogP contribution >= 0.6 is 0 Å². The van der Waals surface area contributed by atoms with Crippen molar-refractivity contribution in [3.8, 4) is 0 Å². The van der Waals surface area contributed by atoms with Gasteiger partial charge >= 0.3 is 0 Å². The van der Waals surface area contributed by atoms with Gasteiger partial charge in [0.05, 0.1) is 6.10 Å². The summed E-state index contributed by atoms with van der Waals surface area (Å²) in [7, 11) is 0. The molecule has 1 aliphatic heterocycles. The molecule has 3 rings (SSSR count). The van der Waals surface area contributed by atoms with Gasteiger partial charge in [0.1, 0.15) is 6.54 Å². The SMILES string of the molecule is O=C(Cn1cc2c(c1)C(O)CCC2)N1CCCCCC1. The van der Waals surface area contributed by atoms with Crippen LogP contribution in [0.5, 0.6) is 0 Å². The zero-order valence-electron chi connectivity index (χ0n) is 12.1.